The van der Waals surface area contributed by atoms with Gasteiger partial charge in [-0.05, 0) is 19.1 Å². The first kappa shape index (κ1) is 17.5. The molecule has 19 heavy (non-hydrogen) atoms. The maximum Gasteiger partial charge on any atom is 0.239 e. The number of hydrogen-bond acceptors (Lipinski definition) is 4. The Morgan fingerprint density at radius 3 is 2.47 bits per heavy atom. The molecule has 0 spiro atoms. The molecule has 1 aromatic carbocycles. The molecule has 5 nitrogen and oxygen atoms in total. The molecular formula is C13H21ClN2O3. The Morgan fingerprint density at radius 2 is 2.00 bits per heavy atom. The Bertz CT molecular complexity index is 424. The molecule has 0 saturated heterocycles. The lowest BCUT2D eigenvalue weighted by molar-refractivity contribution is -0.131. The zero-order valence-corrected chi connectivity index (χ0v) is 12.5. The largest absolute Gasteiger partial charge is 0.497 e. The minimum absolute atomic E-state index is 0. The fourth-order valence-corrected chi connectivity index (χ4v) is 1.66. The van der Waals surface area contributed by atoms with E-state index in [2.05, 4.69) is 0 Å². The van der Waals surface area contributed by atoms with Crippen molar-refractivity contribution in [3.63, 3.8) is 0 Å². The fraction of sp³-hybridized carbons (Fsp3) is 0.462. The summed E-state index contributed by atoms with van der Waals surface area (Å²) in [4.78, 5) is 13.3. The van der Waals surface area contributed by atoms with E-state index < -0.39 is 6.04 Å². The molecule has 6 heteroatoms. The van der Waals surface area contributed by atoms with Crippen molar-refractivity contribution in [1.29, 1.82) is 0 Å². The van der Waals surface area contributed by atoms with E-state index in [0.717, 1.165) is 11.3 Å². The van der Waals surface area contributed by atoms with E-state index in [9.17, 15) is 4.79 Å². The average Bonchev–Trinajstić information content (AvgIpc) is 2.37. The van der Waals surface area contributed by atoms with Crippen LogP contribution in [0.25, 0.3) is 0 Å². The number of benzene rings is 1. The van der Waals surface area contributed by atoms with Crippen molar-refractivity contribution in [2.45, 2.75) is 19.5 Å². The highest BCUT2D eigenvalue weighted by Gasteiger charge is 2.15. The molecule has 0 saturated carbocycles. The first-order valence-corrected chi connectivity index (χ1v) is 5.71. The van der Waals surface area contributed by atoms with Crippen LogP contribution in [0.3, 0.4) is 0 Å². The van der Waals surface area contributed by atoms with Gasteiger partial charge in [0.15, 0.2) is 0 Å². The highest BCUT2D eigenvalue weighted by Crippen LogP contribution is 2.25. The van der Waals surface area contributed by atoms with Gasteiger partial charge in [0, 0.05) is 25.2 Å². The molecule has 1 amide bonds. The summed E-state index contributed by atoms with van der Waals surface area (Å²) in [5, 5.41) is 0. The second-order valence-electron chi connectivity index (χ2n) is 4.16. The smallest absolute Gasteiger partial charge is 0.239 e. The molecule has 108 valence electrons. The van der Waals surface area contributed by atoms with E-state index in [1.54, 1.807) is 39.2 Å². The molecule has 0 fully saturated rings. The van der Waals surface area contributed by atoms with Gasteiger partial charge < -0.3 is 20.1 Å². The van der Waals surface area contributed by atoms with Crippen molar-refractivity contribution in [3.05, 3.63) is 23.8 Å². The van der Waals surface area contributed by atoms with Gasteiger partial charge >= 0.3 is 0 Å². The van der Waals surface area contributed by atoms with Crippen LogP contribution in [0.4, 0.5) is 0 Å². The van der Waals surface area contributed by atoms with Crippen LogP contribution in [-0.2, 0) is 11.3 Å². The van der Waals surface area contributed by atoms with Crippen LogP contribution in [0.1, 0.15) is 12.5 Å². The second-order valence-corrected chi connectivity index (χ2v) is 4.16. The van der Waals surface area contributed by atoms with Crippen molar-refractivity contribution >= 4 is 18.3 Å². The Balaban J connectivity index is 0.00000324. The van der Waals surface area contributed by atoms with E-state index in [0.29, 0.717) is 12.3 Å². The van der Waals surface area contributed by atoms with Crippen molar-refractivity contribution in [3.8, 4) is 11.5 Å². The number of rotatable bonds is 5. The number of carbonyl (C=O) groups excluding carboxylic acids is 1. The topological polar surface area (TPSA) is 64.8 Å². The molecule has 0 heterocycles. The van der Waals surface area contributed by atoms with Crippen molar-refractivity contribution in [1.82, 2.24) is 4.90 Å². The number of halogens is 1. The molecule has 0 bridgehead atoms. The molecule has 1 atom stereocenters. The lowest BCUT2D eigenvalue weighted by Crippen LogP contribution is -2.39. The monoisotopic (exact) mass is 288 g/mol. The number of ether oxygens (including phenoxy) is 2. The molecule has 0 aliphatic heterocycles. The molecule has 1 aromatic rings. The van der Waals surface area contributed by atoms with Gasteiger partial charge in [0.05, 0.1) is 20.3 Å². The number of hydrogen-bond donors (Lipinski definition) is 1. The summed E-state index contributed by atoms with van der Waals surface area (Å²) < 4.78 is 10.4. The molecular weight excluding hydrogens is 268 g/mol. The zero-order valence-electron chi connectivity index (χ0n) is 11.7. The van der Waals surface area contributed by atoms with Gasteiger partial charge in [-0.1, -0.05) is 0 Å². The van der Waals surface area contributed by atoms with Crippen LogP contribution in [0, 0.1) is 0 Å². The maximum atomic E-state index is 11.7. The van der Waals surface area contributed by atoms with Gasteiger partial charge in [0.25, 0.3) is 0 Å². The number of likely N-dealkylation sites (N-methyl/N-ethyl adjacent to an activating group) is 1. The summed E-state index contributed by atoms with van der Waals surface area (Å²) in [5.41, 5.74) is 6.48. The predicted molar refractivity (Wildman–Crippen MR) is 76.9 cm³/mol. The summed E-state index contributed by atoms with van der Waals surface area (Å²) in [6, 6.07) is 5.00. The van der Waals surface area contributed by atoms with Gasteiger partial charge in [-0.25, -0.2) is 0 Å². The normalized spacial score (nSPS) is 11.2. The van der Waals surface area contributed by atoms with Crippen molar-refractivity contribution < 1.29 is 14.3 Å². The van der Waals surface area contributed by atoms with Gasteiger partial charge in [-0.3, -0.25) is 4.79 Å². The highest BCUT2D eigenvalue weighted by molar-refractivity contribution is 5.85. The SMILES string of the molecule is COc1ccc(CN(C)C(=O)C(C)N)c(OC)c1.Cl. The lowest BCUT2D eigenvalue weighted by Gasteiger charge is -2.20. The highest BCUT2D eigenvalue weighted by atomic mass is 35.5. The summed E-state index contributed by atoms with van der Waals surface area (Å²) in [6.07, 6.45) is 0. The van der Waals surface area contributed by atoms with Crippen LogP contribution in [0.5, 0.6) is 11.5 Å². The summed E-state index contributed by atoms with van der Waals surface area (Å²) in [7, 11) is 4.90. The summed E-state index contributed by atoms with van der Waals surface area (Å²) in [6.45, 7) is 2.12. The third-order valence-corrected chi connectivity index (χ3v) is 2.67. The fourth-order valence-electron chi connectivity index (χ4n) is 1.66. The number of amides is 1. The van der Waals surface area contributed by atoms with E-state index in [-0.39, 0.29) is 18.3 Å². The van der Waals surface area contributed by atoms with E-state index in [1.807, 2.05) is 12.1 Å². The van der Waals surface area contributed by atoms with Crippen LogP contribution in [0.15, 0.2) is 18.2 Å². The van der Waals surface area contributed by atoms with Gasteiger partial charge in [-0.15, -0.1) is 12.4 Å². The molecule has 1 unspecified atom stereocenters. The molecule has 0 aliphatic carbocycles. The number of methoxy groups -OCH3 is 2. The van der Waals surface area contributed by atoms with Crippen LogP contribution < -0.4 is 15.2 Å². The number of nitrogens with zero attached hydrogens (tertiary/aromatic N) is 1. The minimum Gasteiger partial charge on any atom is -0.497 e. The second kappa shape index (κ2) is 7.86. The Kier molecular flexibility index (Phi) is 7.26. The van der Waals surface area contributed by atoms with Crippen LogP contribution in [-0.4, -0.2) is 38.1 Å². The third-order valence-electron chi connectivity index (χ3n) is 2.67. The molecule has 0 aliphatic rings. The van der Waals surface area contributed by atoms with E-state index >= 15 is 0 Å². The predicted octanol–water partition coefficient (Wildman–Crippen LogP) is 1.43. The van der Waals surface area contributed by atoms with E-state index in [1.165, 1.54) is 0 Å². The van der Waals surface area contributed by atoms with Gasteiger partial charge in [0.2, 0.25) is 5.91 Å². The molecule has 0 radical (unpaired) electrons. The Morgan fingerprint density at radius 1 is 1.37 bits per heavy atom. The average molecular weight is 289 g/mol. The van der Waals surface area contributed by atoms with Gasteiger partial charge in [-0.2, -0.15) is 0 Å². The Labute approximate surface area is 120 Å². The first-order chi connectivity index (χ1) is 8.49. The quantitative estimate of drug-likeness (QED) is 0.890. The molecule has 1 rings (SSSR count). The summed E-state index contributed by atoms with van der Waals surface area (Å²) in [5.74, 6) is 1.31. The first-order valence-electron chi connectivity index (χ1n) is 5.71. The standard InChI is InChI=1S/C13H20N2O3.ClH/c1-9(14)13(16)15(2)8-10-5-6-11(17-3)7-12(10)18-4;/h5-7,9H,8,14H2,1-4H3;1H. The third kappa shape index (κ3) is 4.61. The zero-order chi connectivity index (χ0) is 13.7. The van der Waals surface area contributed by atoms with Gasteiger partial charge in [0.1, 0.15) is 11.5 Å². The van der Waals surface area contributed by atoms with Crippen molar-refractivity contribution in [2.24, 2.45) is 5.73 Å². The molecule has 0 aromatic heterocycles. The minimum atomic E-state index is -0.501. The lowest BCUT2D eigenvalue weighted by atomic mass is 10.1. The summed E-state index contributed by atoms with van der Waals surface area (Å²) >= 11 is 0. The van der Waals surface area contributed by atoms with Crippen molar-refractivity contribution in [2.75, 3.05) is 21.3 Å². The van der Waals surface area contributed by atoms with E-state index in [4.69, 9.17) is 15.2 Å². The number of carbonyl (C=O) groups is 1. The Hall–Kier alpha value is -1.46. The number of nitrogens with two attached hydrogens (primary N) is 1. The van der Waals surface area contributed by atoms with Crippen LogP contribution >= 0.6 is 12.4 Å². The van der Waals surface area contributed by atoms with Crippen LogP contribution in [0.2, 0.25) is 0 Å². The maximum absolute atomic E-state index is 11.7. The molecule has 2 N–H and O–H groups in total.